The van der Waals surface area contributed by atoms with Gasteiger partial charge in [0, 0.05) is 5.41 Å². The van der Waals surface area contributed by atoms with Gasteiger partial charge in [-0.25, -0.2) is 8.51 Å². The van der Waals surface area contributed by atoms with Crippen molar-refractivity contribution in [3.8, 4) is 0 Å². The fourth-order valence-electron chi connectivity index (χ4n) is 1.94. The maximum absolute atomic E-state index is 12.3. The third-order valence-electron chi connectivity index (χ3n) is 2.93. The van der Waals surface area contributed by atoms with E-state index in [1.807, 2.05) is 52.0 Å². The molecule has 3 nitrogen and oxygen atoms in total. The summed E-state index contributed by atoms with van der Waals surface area (Å²) in [6.07, 6.45) is 0. The van der Waals surface area contributed by atoms with Crippen molar-refractivity contribution in [1.29, 1.82) is 0 Å². The molecule has 0 aromatic heterocycles. The topological polar surface area (TPSA) is 37.4 Å². The summed E-state index contributed by atoms with van der Waals surface area (Å²) in [5.74, 6) is -0.0699. The summed E-state index contributed by atoms with van der Waals surface area (Å²) in [7, 11) is -1.36. The Morgan fingerprint density at radius 2 is 1.88 bits per heavy atom. The van der Waals surface area contributed by atoms with Crippen molar-refractivity contribution in [1.82, 2.24) is 4.31 Å². The van der Waals surface area contributed by atoms with Crippen molar-refractivity contribution in [2.75, 3.05) is 0 Å². The van der Waals surface area contributed by atoms with Crippen molar-refractivity contribution in [3.05, 3.63) is 29.8 Å². The number of carbonyl (C=O) groups is 1. The van der Waals surface area contributed by atoms with Gasteiger partial charge in [-0.1, -0.05) is 39.0 Å². The van der Waals surface area contributed by atoms with E-state index in [0.717, 1.165) is 10.5 Å². The third kappa shape index (κ3) is 1.90. The van der Waals surface area contributed by atoms with Crippen LogP contribution < -0.4 is 0 Å². The molecule has 1 aromatic rings. The monoisotopic (exact) mass is 251 g/mol. The molecule has 0 aliphatic carbocycles. The second-order valence-corrected chi connectivity index (χ2v) is 6.68. The van der Waals surface area contributed by atoms with Gasteiger partial charge in [0.1, 0.15) is 0 Å². The Morgan fingerprint density at radius 3 is 2.41 bits per heavy atom. The molecule has 0 radical (unpaired) electrons. The van der Waals surface area contributed by atoms with Crippen LogP contribution in [0.25, 0.3) is 0 Å². The van der Waals surface area contributed by atoms with Crippen molar-refractivity contribution in [2.24, 2.45) is 5.41 Å². The Morgan fingerprint density at radius 1 is 1.29 bits per heavy atom. The van der Waals surface area contributed by atoms with Crippen LogP contribution in [0, 0.1) is 5.41 Å². The highest BCUT2D eigenvalue weighted by Crippen LogP contribution is 2.38. The van der Waals surface area contributed by atoms with Crippen LogP contribution in [-0.2, 0) is 15.8 Å². The normalized spacial score (nSPS) is 23.6. The van der Waals surface area contributed by atoms with Crippen LogP contribution in [0.3, 0.4) is 0 Å². The van der Waals surface area contributed by atoms with Crippen LogP contribution in [0.15, 0.2) is 29.2 Å². The predicted molar refractivity (Wildman–Crippen MR) is 67.6 cm³/mol. The van der Waals surface area contributed by atoms with Gasteiger partial charge in [-0.2, -0.15) is 0 Å². The first-order valence-corrected chi connectivity index (χ1v) is 6.79. The molecule has 1 aliphatic rings. The molecule has 0 fully saturated rings. The molecule has 1 aromatic carbocycles. The molecule has 2 atom stereocenters. The summed E-state index contributed by atoms with van der Waals surface area (Å²) in [5, 5.41) is 0. The zero-order chi connectivity index (χ0) is 12.8. The Labute approximate surface area is 104 Å². The van der Waals surface area contributed by atoms with Crippen LogP contribution >= 0.6 is 0 Å². The van der Waals surface area contributed by atoms with Crippen LogP contribution in [0.4, 0.5) is 0 Å². The number of fused-ring (bicyclic) bond motifs is 1. The molecule has 17 heavy (non-hydrogen) atoms. The number of nitrogens with zero attached hydrogens (tertiary/aromatic N) is 1. The molecule has 92 valence electrons. The highest BCUT2D eigenvalue weighted by atomic mass is 32.2. The minimum Gasteiger partial charge on any atom is -0.273 e. The third-order valence-corrected chi connectivity index (χ3v) is 4.52. The Hall–Kier alpha value is -1.16. The summed E-state index contributed by atoms with van der Waals surface area (Å²) in [5.41, 5.74) is 0.481. The molecule has 0 saturated carbocycles. The predicted octanol–water partition coefficient (Wildman–Crippen LogP) is 2.66. The minimum absolute atomic E-state index is 0.0699. The molecule has 0 saturated heterocycles. The number of rotatable bonds is 0. The minimum atomic E-state index is -1.36. The molecule has 2 rings (SSSR count). The zero-order valence-corrected chi connectivity index (χ0v) is 11.4. The van der Waals surface area contributed by atoms with Gasteiger partial charge >= 0.3 is 0 Å². The quantitative estimate of drug-likeness (QED) is 0.711. The summed E-state index contributed by atoms with van der Waals surface area (Å²) in [6.45, 7) is 7.47. The van der Waals surface area contributed by atoms with E-state index in [1.54, 1.807) is 0 Å². The highest BCUT2D eigenvalue weighted by Gasteiger charge is 2.40. The molecule has 0 spiro atoms. The smallest absolute Gasteiger partial charge is 0.240 e. The lowest BCUT2D eigenvalue weighted by atomic mass is 9.95. The summed E-state index contributed by atoms with van der Waals surface area (Å²) in [6, 6.07) is 7.43. The van der Waals surface area contributed by atoms with Gasteiger partial charge in [-0.05, 0) is 18.6 Å². The van der Waals surface area contributed by atoms with Crippen LogP contribution in [0.1, 0.15) is 39.3 Å². The molecule has 1 heterocycles. The molecule has 1 unspecified atom stereocenters. The lowest BCUT2D eigenvalue weighted by molar-refractivity contribution is -0.135. The summed E-state index contributed by atoms with van der Waals surface area (Å²) < 4.78 is 13.8. The number of hydrogen-bond acceptors (Lipinski definition) is 2. The Balaban J connectivity index is 2.43. The first-order valence-electron chi connectivity index (χ1n) is 5.68. The van der Waals surface area contributed by atoms with Gasteiger partial charge in [-0.3, -0.25) is 4.79 Å². The van der Waals surface area contributed by atoms with E-state index in [9.17, 15) is 9.00 Å². The number of hydrogen-bond donors (Lipinski definition) is 0. The standard InChI is InChI=1S/C13H17NO2S/c1-9-10-7-5-6-8-11(10)17(16)14(9)12(15)13(2,3)4/h5-9H,1-4H3/t9-,17?/m1/s1. The average molecular weight is 251 g/mol. The van der Waals surface area contributed by atoms with E-state index in [2.05, 4.69) is 0 Å². The number of benzene rings is 1. The molecule has 4 heteroatoms. The van der Waals surface area contributed by atoms with Gasteiger partial charge in [0.05, 0.1) is 10.9 Å². The maximum Gasteiger partial charge on any atom is 0.240 e. The zero-order valence-electron chi connectivity index (χ0n) is 10.6. The van der Waals surface area contributed by atoms with Gasteiger partial charge < -0.3 is 0 Å². The van der Waals surface area contributed by atoms with Crippen molar-refractivity contribution in [2.45, 2.75) is 38.6 Å². The highest BCUT2D eigenvalue weighted by molar-refractivity contribution is 7.83. The lowest BCUT2D eigenvalue weighted by Crippen LogP contribution is -2.38. The second kappa shape index (κ2) is 3.95. The largest absolute Gasteiger partial charge is 0.273 e. The van der Waals surface area contributed by atoms with Crippen LogP contribution in [0.2, 0.25) is 0 Å². The van der Waals surface area contributed by atoms with E-state index in [4.69, 9.17) is 0 Å². The van der Waals surface area contributed by atoms with E-state index in [1.165, 1.54) is 4.31 Å². The SMILES string of the molecule is C[C@@H]1c2ccccc2S(=O)N1C(=O)C(C)(C)C. The van der Waals surface area contributed by atoms with E-state index < -0.39 is 16.4 Å². The average Bonchev–Trinajstić information content (AvgIpc) is 2.51. The molecule has 0 bridgehead atoms. The van der Waals surface area contributed by atoms with Crippen molar-refractivity contribution in [3.63, 3.8) is 0 Å². The van der Waals surface area contributed by atoms with Crippen molar-refractivity contribution >= 4 is 16.9 Å². The van der Waals surface area contributed by atoms with E-state index in [0.29, 0.717) is 0 Å². The first-order chi connectivity index (χ1) is 7.84. The van der Waals surface area contributed by atoms with Crippen molar-refractivity contribution < 1.29 is 9.00 Å². The fraction of sp³-hybridized carbons (Fsp3) is 0.462. The van der Waals surface area contributed by atoms with Gasteiger partial charge in [0.2, 0.25) is 5.91 Å². The summed E-state index contributed by atoms with van der Waals surface area (Å²) >= 11 is 0. The summed E-state index contributed by atoms with van der Waals surface area (Å²) in [4.78, 5) is 13.1. The Bertz CT molecular complexity index is 490. The number of amides is 1. The molecular weight excluding hydrogens is 234 g/mol. The van der Waals surface area contributed by atoms with Gasteiger partial charge in [0.15, 0.2) is 11.0 Å². The number of carbonyl (C=O) groups excluding carboxylic acids is 1. The fourth-order valence-corrected chi connectivity index (χ4v) is 3.61. The molecule has 0 N–H and O–H groups in total. The maximum atomic E-state index is 12.3. The second-order valence-electron chi connectivity index (χ2n) is 5.34. The van der Waals surface area contributed by atoms with Crippen LogP contribution in [-0.4, -0.2) is 14.4 Å². The van der Waals surface area contributed by atoms with E-state index in [-0.39, 0.29) is 11.9 Å². The van der Waals surface area contributed by atoms with Crippen LogP contribution in [0.5, 0.6) is 0 Å². The molecular formula is C13H17NO2S. The lowest BCUT2D eigenvalue weighted by Gasteiger charge is -2.27. The van der Waals surface area contributed by atoms with E-state index >= 15 is 0 Å². The van der Waals surface area contributed by atoms with Gasteiger partial charge in [-0.15, -0.1) is 0 Å². The Kier molecular flexibility index (Phi) is 2.86. The van der Waals surface area contributed by atoms with Gasteiger partial charge in [0.25, 0.3) is 0 Å². The molecule has 1 amide bonds. The first kappa shape index (κ1) is 12.3. The molecule has 1 aliphatic heterocycles.